The zero-order chi connectivity index (χ0) is 15.5. The monoisotopic (exact) mass is 308 g/mol. The predicted octanol–water partition coefficient (Wildman–Crippen LogP) is 1.27. The SMILES string of the molecule is CCNC(=O)c1ccc(C)c(NS(=O)(=O)c2ccn[nH]2)c1. The van der Waals surface area contributed by atoms with Crippen LogP contribution in [0.4, 0.5) is 5.69 Å². The van der Waals surface area contributed by atoms with Crippen LogP contribution in [0.1, 0.15) is 22.8 Å². The van der Waals surface area contributed by atoms with Crippen molar-refractivity contribution in [1.29, 1.82) is 0 Å². The second-order valence-electron chi connectivity index (χ2n) is 4.42. The van der Waals surface area contributed by atoms with E-state index in [1.54, 1.807) is 19.1 Å². The van der Waals surface area contributed by atoms with Gasteiger partial charge < -0.3 is 5.32 Å². The van der Waals surface area contributed by atoms with E-state index in [0.29, 0.717) is 23.4 Å². The second-order valence-corrected chi connectivity index (χ2v) is 6.07. The first kappa shape index (κ1) is 15.0. The smallest absolute Gasteiger partial charge is 0.278 e. The highest BCUT2D eigenvalue weighted by Crippen LogP contribution is 2.20. The second kappa shape index (κ2) is 5.96. The fourth-order valence-corrected chi connectivity index (χ4v) is 2.76. The van der Waals surface area contributed by atoms with Gasteiger partial charge in [-0.1, -0.05) is 6.07 Å². The van der Waals surface area contributed by atoms with Gasteiger partial charge in [-0.25, -0.2) is 0 Å². The molecule has 0 unspecified atom stereocenters. The van der Waals surface area contributed by atoms with Gasteiger partial charge >= 0.3 is 0 Å². The molecule has 3 N–H and O–H groups in total. The Hall–Kier alpha value is -2.35. The van der Waals surface area contributed by atoms with Crippen LogP contribution in [-0.2, 0) is 10.0 Å². The Bertz CT molecular complexity index is 739. The van der Waals surface area contributed by atoms with Gasteiger partial charge in [-0.15, -0.1) is 0 Å². The summed E-state index contributed by atoms with van der Waals surface area (Å²) < 4.78 is 26.7. The maximum atomic E-state index is 12.1. The first-order valence-corrected chi connectivity index (χ1v) is 7.83. The minimum Gasteiger partial charge on any atom is -0.352 e. The van der Waals surface area contributed by atoms with E-state index in [9.17, 15) is 13.2 Å². The molecule has 1 aromatic heterocycles. The molecule has 0 aliphatic rings. The van der Waals surface area contributed by atoms with Gasteiger partial charge in [0.15, 0.2) is 5.03 Å². The van der Waals surface area contributed by atoms with E-state index in [-0.39, 0.29) is 10.9 Å². The number of hydrogen-bond acceptors (Lipinski definition) is 4. The molecule has 0 bridgehead atoms. The molecule has 8 heteroatoms. The summed E-state index contributed by atoms with van der Waals surface area (Å²) in [5.41, 5.74) is 1.46. The number of carbonyl (C=O) groups is 1. The van der Waals surface area contributed by atoms with Crippen molar-refractivity contribution in [3.8, 4) is 0 Å². The van der Waals surface area contributed by atoms with E-state index in [1.807, 2.05) is 6.92 Å². The van der Waals surface area contributed by atoms with Crippen molar-refractivity contribution >= 4 is 21.6 Å². The van der Waals surface area contributed by atoms with E-state index < -0.39 is 10.0 Å². The molecule has 0 atom stereocenters. The number of carbonyl (C=O) groups excluding carboxylic acids is 1. The van der Waals surface area contributed by atoms with Crippen molar-refractivity contribution in [3.63, 3.8) is 0 Å². The van der Waals surface area contributed by atoms with Crippen molar-refractivity contribution in [2.24, 2.45) is 0 Å². The van der Waals surface area contributed by atoms with Crippen LogP contribution in [-0.4, -0.2) is 31.1 Å². The lowest BCUT2D eigenvalue weighted by Crippen LogP contribution is -2.23. The third kappa shape index (κ3) is 3.40. The van der Waals surface area contributed by atoms with Gasteiger partial charge in [0.25, 0.3) is 15.9 Å². The summed E-state index contributed by atoms with van der Waals surface area (Å²) in [4.78, 5) is 11.8. The Labute approximate surface area is 122 Å². The van der Waals surface area contributed by atoms with Gasteiger partial charge in [0.1, 0.15) is 0 Å². The number of sulfonamides is 1. The summed E-state index contributed by atoms with van der Waals surface area (Å²) in [7, 11) is -3.75. The van der Waals surface area contributed by atoms with Crippen LogP contribution in [0.5, 0.6) is 0 Å². The number of aromatic amines is 1. The Balaban J connectivity index is 2.32. The molecular weight excluding hydrogens is 292 g/mol. The minimum atomic E-state index is -3.75. The van der Waals surface area contributed by atoms with Crippen molar-refractivity contribution < 1.29 is 13.2 Å². The standard InChI is InChI=1S/C13H16N4O3S/c1-3-14-13(18)10-5-4-9(2)11(8-10)17-21(19,20)12-6-7-15-16-12/h4-8,17H,3H2,1-2H3,(H,14,18)(H,15,16). The van der Waals surface area contributed by atoms with Crippen molar-refractivity contribution in [2.75, 3.05) is 11.3 Å². The lowest BCUT2D eigenvalue weighted by atomic mass is 10.1. The molecule has 0 saturated heterocycles. The number of nitrogens with zero attached hydrogens (tertiary/aromatic N) is 1. The number of hydrogen-bond donors (Lipinski definition) is 3. The molecule has 2 rings (SSSR count). The third-order valence-electron chi connectivity index (χ3n) is 2.85. The number of anilines is 1. The molecule has 1 amide bonds. The lowest BCUT2D eigenvalue weighted by molar-refractivity contribution is 0.0956. The number of rotatable bonds is 5. The quantitative estimate of drug-likeness (QED) is 0.773. The minimum absolute atomic E-state index is 0.0367. The molecule has 21 heavy (non-hydrogen) atoms. The summed E-state index contributed by atoms with van der Waals surface area (Å²) in [6.45, 7) is 4.07. The highest BCUT2D eigenvalue weighted by Gasteiger charge is 2.17. The topological polar surface area (TPSA) is 104 Å². The lowest BCUT2D eigenvalue weighted by Gasteiger charge is -2.11. The highest BCUT2D eigenvalue weighted by atomic mass is 32.2. The Morgan fingerprint density at radius 3 is 2.71 bits per heavy atom. The number of H-pyrrole nitrogens is 1. The van der Waals surface area contributed by atoms with Crippen LogP contribution in [0.3, 0.4) is 0 Å². The van der Waals surface area contributed by atoms with Gasteiger partial charge in [0.05, 0.1) is 11.9 Å². The van der Waals surface area contributed by atoms with Crippen molar-refractivity contribution in [1.82, 2.24) is 15.5 Å². The van der Waals surface area contributed by atoms with Crippen LogP contribution in [0.2, 0.25) is 0 Å². The number of aryl methyl sites for hydroxylation is 1. The van der Waals surface area contributed by atoms with E-state index in [4.69, 9.17) is 0 Å². The molecule has 1 aromatic carbocycles. The maximum Gasteiger partial charge on any atom is 0.278 e. The summed E-state index contributed by atoms with van der Waals surface area (Å²) in [6.07, 6.45) is 1.35. The molecule has 1 heterocycles. The fraction of sp³-hybridized carbons (Fsp3) is 0.231. The molecule has 0 aliphatic carbocycles. The zero-order valence-electron chi connectivity index (χ0n) is 11.7. The van der Waals surface area contributed by atoms with Gasteiger partial charge in [0.2, 0.25) is 0 Å². The molecule has 112 valence electrons. The predicted molar refractivity (Wildman–Crippen MR) is 78.6 cm³/mol. The summed E-state index contributed by atoms with van der Waals surface area (Å²) in [5.74, 6) is -0.250. The molecule has 0 fully saturated rings. The third-order valence-corrected chi connectivity index (χ3v) is 4.14. The summed E-state index contributed by atoms with van der Waals surface area (Å²) >= 11 is 0. The molecule has 2 aromatic rings. The molecular formula is C13H16N4O3S. The molecule has 0 radical (unpaired) electrons. The first-order valence-electron chi connectivity index (χ1n) is 6.35. The molecule has 0 aliphatic heterocycles. The van der Waals surface area contributed by atoms with E-state index in [1.165, 1.54) is 18.3 Å². The summed E-state index contributed by atoms with van der Waals surface area (Å²) in [6, 6.07) is 6.20. The van der Waals surface area contributed by atoms with Crippen LogP contribution < -0.4 is 10.0 Å². The fourth-order valence-electron chi connectivity index (χ4n) is 1.73. The number of amides is 1. The number of nitrogens with one attached hydrogen (secondary N) is 3. The van der Waals surface area contributed by atoms with Crippen molar-refractivity contribution in [2.45, 2.75) is 18.9 Å². The Morgan fingerprint density at radius 2 is 2.10 bits per heavy atom. The Kier molecular flexibility index (Phi) is 4.27. The first-order chi connectivity index (χ1) is 9.94. The number of benzene rings is 1. The molecule has 0 saturated carbocycles. The van der Waals surface area contributed by atoms with Crippen LogP contribution in [0, 0.1) is 6.92 Å². The van der Waals surface area contributed by atoms with Crippen LogP contribution in [0.15, 0.2) is 35.5 Å². The maximum absolute atomic E-state index is 12.1. The van der Waals surface area contributed by atoms with Crippen LogP contribution >= 0.6 is 0 Å². The number of aromatic nitrogens is 2. The van der Waals surface area contributed by atoms with Gasteiger partial charge in [-0.2, -0.15) is 13.5 Å². The average molecular weight is 308 g/mol. The van der Waals surface area contributed by atoms with E-state index >= 15 is 0 Å². The van der Waals surface area contributed by atoms with Crippen molar-refractivity contribution in [3.05, 3.63) is 41.6 Å². The average Bonchev–Trinajstić information content (AvgIpc) is 2.96. The van der Waals surface area contributed by atoms with Gasteiger partial charge in [-0.3, -0.25) is 14.6 Å². The van der Waals surface area contributed by atoms with Gasteiger partial charge in [-0.05, 0) is 37.6 Å². The summed E-state index contributed by atoms with van der Waals surface area (Å²) in [5, 5.41) is 8.64. The largest absolute Gasteiger partial charge is 0.352 e. The van der Waals surface area contributed by atoms with Crippen LogP contribution in [0.25, 0.3) is 0 Å². The van der Waals surface area contributed by atoms with Gasteiger partial charge in [0, 0.05) is 12.1 Å². The zero-order valence-corrected chi connectivity index (χ0v) is 12.5. The van der Waals surface area contributed by atoms with E-state index in [2.05, 4.69) is 20.2 Å². The normalized spacial score (nSPS) is 11.1. The molecule has 7 nitrogen and oxygen atoms in total. The van der Waals surface area contributed by atoms with E-state index in [0.717, 1.165) is 0 Å². The highest BCUT2D eigenvalue weighted by molar-refractivity contribution is 7.92. The Morgan fingerprint density at radius 1 is 1.33 bits per heavy atom. The molecule has 0 spiro atoms.